The third-order valence-corrected chi connectivity index (χ3v) is 7.20. The van der Waals surface area contributed by atoms with Crippen molar-refractivity contribution < 1.29 is 9.59 Å². The molecule has 0 spiro atoms. The predicted octanol–water partition coefficient (Wildman–Crippen LogP) is 5.17. The van der Waals surface area contributed by atoms with Gasteiger partial charge >= 0.3 is 0 Å². The van der Waals surface area contributed by atoms with Crippen LogP contribution in [0.3, 0.4) is 0 Å². The smallest absolute Gasteiger partial charge is 0.292 e. The van der Waals surface area contributed by atoms with E-state index < -0.39 is 0 Å². The topological polar surface area (TPSA) is 88.1 Å². The minimum absolute atomic E-state index is 0.0491. The van der Waals surface area contributed by atoms with Gasteiger partial charge in [0.05, 0.1) is 0 Å². The lowest BCUT2D eigenvalue weighted by Gasteiger charge is -2.34. The van der Waals surface area contributed by atoms with Gasteiger partial charge in [0.1, 0.15) is 23.7 Å². The van der Waals surface area contributed by atoms with E-state index in [1.54, 1.807) is 23.4 Å². The van der Waals surface area contributed by atoms with E-state index in [4.69, 9.17) is 0 Å². The Morgan fingerprint density at radius 1 is 1.00 bits per heavy atom. The third-order valence-electron chi connectivity index (χ3n) is 7.20. The van der Waals surface area contributed by atoms with Gasteiger partial charge in [-0.25, -0.2) is 15.0 Å². The number of anilines is 2. The van der Waals surface area contributed by atoms with Crippen LogP contribution in [0, 0.1) is 0 Å². The van der Waals surface area contributed by atoms with E-state index in [-0.39, 0.29) is 24.1 Å². The molecule has 37 heavy (non-hydrogen) atoms. The molecular formula is C29H36BN5O2. The molecule has 8 heteroatoms. The van der Waals surface area contributed by atoms with E-state index in [0.717, 1.165) is 37.2 Å². The Balaban J connectivity index is 0.000000225. The minimum Gasteiger partial charge on any atom is -0.357 e. The quantitative estimate of drug-likeness (QED) is 0.358. The van der Waals surface area contributed by atoms with Crippen molar-refractivity contribution in [3.8, 4) is 0 Å². The zero-order valence-corrected chi connectivity index (χ0v) is 22.1. The van der Waals surface area contributed by atoms with E-state index in [1.165, 1.54) is 38.9 Å². The lowest BCUT2D eigenvalue weighted by molar-refractivity contribution is 0.101. The molecule has 4 heterocycles. The van der Waals surface area contributed by atoms with Gasteiger partial charge in [0.2, 0.25) is 0 Å². The first kappa shape index (κ1) is 26.5. The highest BCUT2D eigenvalue weighted by atomic mass is 16.1. The van der Waals surface area contributed by atoms with Gasteiger partial charge in [-0.15, -0.1) is 0 Å². The summed E-state index contributed by atoms with van der Waals surface area (Å²) in [5.74, 6) is 1.74. The number of ketones is 1. The summed E-state index contributed by atoms with van der Waals surface area (Å²) in [6.45, 7) is 7.47. The lowest BCUT2D eigenvalue weighted by Crippen LogP contribution is -2.44. The third kappa shape index (κ3) is 6.42. The number of fused-ring (bicyclic) bond motifs is 1. The van der Waals surface area contributed by atoms with Crippen molar-refractivity contribution in [2.45, 2.75) is 65.1 Å². The van der Waals surface area contributed by atoms with Crippen molar-refractivity contribution in [2.75, 3.05) is 23.3 Å². The number of benzene rings is 1. The largest absolute Gasteiger partial charge is 0.357 e. The molecular weight excluding hydrogens is 461 g/mol. The van der Waals surface area contributed by atoms with Crippen LogP contribution in [0.5, 0.6) is 0 Å². The molecule has 1 fully saturated rings. The highest BCUT2D eigenvalue weighted by Crippen LogP contribution is 2.31. The summed E-state index contributed by atoms with van der Waals surface area (Å²) in [5, 5.41) is 2.89. The molecule has 1 N–H and O–H groups in total. The number of Topliss-reactive ketones (excluding diaryl/α,β-unsaturated/α-hetero) is 1. The second-order valence-electron chi connectivity index (χ2n) is 9.82. The standard InChI is InChI=1S/C17H18BN5O2.C12H18/c1-11(24)14-9-15(21-10-20-14)23-7-4-12(5-8-23)18-13-3-2-6-19-16(13)22-17(18)25;1-3-7-11-9-5-6-10-12(11)8-4-2/h2-3,6,9-10,12H,4-5,7-8H2,1H3,(H,19,22,25);5-6,9-10H,3-4,7-8H2,1-2H3. The second-order valence-corrected chi connectivity index (χ2v) is 9.82. The van der Waals surface area contributed by atoms with Crippen LogP contribution in [0.25, 0.3) is 0 Å². The monoisotopic (exact) mass is 497 g/mol. The van der Waals surface area contributed by atoms with E-state index in [2.05, 4.69) is 63.3 Å². The average Bonchev–Trinajstić information content (AvgIpc) is 3.26. The van der Waals surface area contributed by atoms with Crippen LogP contribution in [0.4, 0.5) is 16.4 Å². The molecule has 0 radical (unpaired) electrons. The maximum atomic E-state index is 12.4. The number of rotatable bonds is 7. The maximum Gasteiger partial charge on any atom is 0.292 e. The lowest BCUT2D eigenvalue weighted by atomic mass is 9.36. The summed E-state index contributed by atoms with van der Waals surface area (Å²) in [5.41, 5.74) is 4.53. The molecule has 2 aliphatic heterocycles. The Kier molecular flexibility index (Phi) is 9.04. The van der Waals surface area contributed by atoms with Gasteiger partial charge in [0.25, 0.3) is 6.71 Å². The molecule has 0 unspecified atom stereocenters. The van der Waals surface area contributed by atoms with E-state index >= 15 is 0 Å². The average molecular weight is 497 g/mol. The van der Waals surface area contributed by atoms with Crippen LogP contribution in [-0.2, 0) is 12.8 Å². The Morgan fingerprint density at radius 3 is 2.30 bits per heavy atom. The Hall–Kier alpha value is -3.55. The normalized spacial score (nSPS) is 15.1. The number of nitrogens with one attached hydrogen (secondary N) is 1. The van der Waals surface area contributed by atoms with Crippen LogP contribution >= 0.6 is 0 Å². The van der Waals surface area contributed by atoms with Crippen molar-refractivity contribution in [1.82, 2.24) is 15.0 Å². The van der Waals surface area contributed by atoms with Gasteiger partial charge in [-0.3, -0.25) is 9.59 Å². The summed E-state index contributed by atoms with van der Waals surface area (Å²) in [6, 6.07) is 14.4. The number of hydrogen-bond donors (Lipinski definition) is 1. The van der Waals surface area contributed by atoms with Crippen molar-refractivity contribution in [2.24, 2.45) is 0 Å². The molecule has 0 atom stereocenters. The highest BCUT2D eigenvalue weighted by molar-refractivity contribution is 7.04. The molecule has 0 bridgehead atoms. The number of pyridine rings is 1. The number of nitrogens with zero attached hydrogens (tertiary/aromatic N) is 4. The van der Waals surface area contributed by atoms with Gasteiger partial charge in [0, 0.05) is 32.3 Å². The van der Waals surface area contributed by atoms with Gasteiger partial charge in [-0.05, 0) is 54.2 Å². The van der Waals surface area contributed by atoms with Gasteiger partial charge in [0.15, 0.2) is 11.6 Å². The van der Waals surface area contributed by atoms with Crippen molar-refractivity contribution in [3.05, 3.63) is 71.8 Å². The first-order chi connectivity index (χ1) is 18.0. The molecule has 0 saturated carbocycles. The zero-order chi connectivity index (χ0) is 26.2. The molecule has 1 aromatic carbocycles. The molecule has 2 aromatic heterocycles. The fourth-order valence-electron chi connectivity index (χ4n) is 5.34. The zero-order valence-electron chi connectivity index (χ0n) is 22.1. The Morgan fingerprint density at radius 2 is 1.68 bits per heavy atom. The summed E-state index contributed by atoms with van der Waals surface area (Å²) >= 11 is 0. The SMILES string of the molecule is CC(=O)c1cc(N2CCC(B3C(=O)Nc4ncccc43)CC2)ncn1.CCCc1ccccc1CCC. The Labute approximate surface area is 220 Å². The summed E-state index contributed by atoms with van der Waals surface area (Å²) in [4.78, 5) is 38.6. The summed E-state index contributed by atoms with van der Waals surface area (Å²) in [6.07, 6.45) is 9.89. The number of hydrogen-bond acceptors (Lipinski definition) is 6. The van der Waals surface area contributed by atoms with Crippen molar-refractivity contribution >= 4 is 35.4 Å². The number of aryl methyl sites for hydroxylation is 2. The molecule has 5 rings (SSSR count). The maximum absolute atomic E-state index is 12.4. The van der Waals surface area contributed by atoms with Crippen LogP contribution in [0.2, 0.25) is 5.82 Å². The van der Waals surface area contributed by atoms with E-state index in [9.17, 15) is 9.59 Å². The van der Waals surface area contributed by atoms with Crippen molar-refractivity contribution in [3.63, 3.8) is 0 Å². The van der Waals surface area contributed by atoms with E-state index in [0.29, 0.717) is 11.5 Å². The fourth-order valence-corrected chi connectivity index (χ4v) is 5.34. The molecule has 1 saturated heterocycles. The predicted molar refractivity (Wildman–Crippen MR) is 150 cm³/mol. The fraction of sp³-hybridized carbons (Fsp3) is 0.414. The highest BCUT2D eigenvalue weighted by Gasteiger charge is 2.42. The van der Waals surface area contributed by atoms with E-state index in [1.807, 2.05) is 12.1 Å². The minimum atomic E-state index is -0.121. The van der Waals surface area contributed by atoms with Crippen LogP contribution in [0.1, 0.15) is 68.1 Å². The van der Waals surface area contributed by atoms with Gasteiger partial charge in [-0.1, -0.05) is 57.0 Å². The van der Waals surface area contributed by atoms with Crippen LogP contribution in [-0.4, -0.2) is 46.3 Å². The van der Waals surface area contributed by atoms with Gasteiger partial charge < -0.3 is 10.2 Å². The van der Waals surface area contributed by atoms with Crippen LogP contribution < -0.4 is 15.7 Å². The first-order valence-corrected chi connectivity index (χ1v) is 13.4. The summed E-state index contributed by atoms with van der Waals surface area (Å²) < 4.78 is 0. The number of aromatic nitrogens is 3. The molecule has 7 nitrogen and oxygen atoms in total. The Bertz CT molecular complexity index is 1200. The number of carbonyl (C=O) groups is 2. The van der Waals surface area contributed by atoms with Crippen molar-refractivity contribution in [1.29, 1.82) is 0 Å². The molecule has 3 aromatic rings. The number of carbonyl (C=O) groups excluding carboxylic acids is 2. The molecule has 2 aliphatic rings. The first-order valence-electron chi connectivity index (χ1n) is 13.4. The molecule has 1 amide bonds. The molecule has 192 valence electrons. The number of amides is 1. The second kappa shape index (κ2) is 12.6. The van der Waals surface area contributed by atoms with Crippen LogP contribution in [0.15, 0.2) is 55.0 Å². The summed E-state index contributed by atoms with van der Waals surface area (Å²) in [7, 11) is 0. The molecule has 0 aliphatic carbocycles. The van der Waals surface area contributed by atoms with Gasteiger partial charge in [-0.2, -0.15) is 0 Å². The number of piperidine rings is 1.